The Kier molecular flexibility index (Phi) is 10.6. The molecule has 0 unspecified atom stereocenters. The molecule has 12 rings (SSSR count). The third-order valence-electron chi connectivity index (χ3n) is 12.2. The number of rotatable bonds is 5. The van der Waals surface area contributed by atoms with Gasteiger partial charge in [-0.05, 0) is 41.1 Å². The Morgan fingerprint density at radius 1 is 0.625 bits per heavy atom. The number of para-hydroxylation sites is 3. The molecule has 8 heteroatoms. The van der Waals surface area contributed by atoms with Crippen molar-refractivity contribution < 1.29 is 28.9 Å². The van der Waals surface area contributed by atoms with Gasteiger partial charge in [0.1, 0.15) is 5.58 Å². The molecule has 5 aromatic heterocycles. The van der Waals surface area contributed by atoms with Crippen molar-refractivity contribution in [1.29, 1.82) is 0 Å². The Morgan fingerprint density at radius 3 is 2.09 bits per heavy atom. The van der Waals surface area contributed by atoms with E-state index < -0.39 is 13.3 Å². The van der Waals surface area contributed by atoms with E-state index in [9.17, 15) is 0 Å². The summed E-state index contributed by atoms with van der Waals surface area (Å²) in [6.45, 7) is 6.57. The maximum absolute atomic E-state index is 6.35. The molecule has 1 radical (unpaired) electrons. The second-order valence-corrected chi connectivity index (χ2v) is 28.2. The number of benzene rings is 7. The van der Waals surface area contributed by atoms with Gasteiger partial charge >= 0.3 is 186 Å². The Morgan fingerprint density at radius 2 is 1.30 bits per heavy atom. The van der Waals surface area contributed by atoms with E-state index in [0.717, 1.165) is 88.7 Å². The van der Waals surface area contributed by atoms with Crippen LogP contribution in [-0.2, 0) is 20.1 Å². The van der Waals surface area contributed by atoms with Gasteiger partial charge in [0, 0.05) is 31.2 Å². The zero-order chi connectivity index (χ0) is 43.0. The van der Waals surface area contributed by atoms with Crippen LogP contribution in [0.15, 0.2) is 161 Å². The predicted octanol–water partition coefficient (Wildman–Crippen LogP) is 14.5. The molecule has 0 spiro atoms. The number of furan rings is 2. The fourth-order valence-electron chi connectivity index (χ4n) is 9.15. The molecule has 0 N–H and O–H groups in total. The number of hydrogen-bond acceptors (Lipinski definition) is 5. The first-order valence-electron chi connectivity index (χ1n) is 21.5. The van der Waals surface area contributed by atoms with Gasteiger partial charge in [-0.2, -0.15) is 0 Å². The zero-order valence-corrected chi connectivity index (χ0v) is 40.9. The minimum atomic E-state index is -2.02. The summed E-state index contributed by atoms with van der Waals surface area (Å²) in [6.07, 6.45) is 2.11. The first kappa shape index (κ1) is 41.6. The van der Waals surface area contributed by atoms with Crippen LogP contribution in [0.2, 0.25) is 17.3 Å². The van der Waals surface area contributed by atoms with Gasteiger partial charge in [0.2, 0.25) is 0 Å². The quantitative estimate of drug-likeness (QED) is 0.127. The van der Waals surface area contributed by atoms with Gasteiger partial charge in [-0.15, -0.1) is 18.2 Å². The first-order valence-corrected chi connectivity index (χ1v) is 28.9. The van der Waals surface area contributed by atoms with Gasteiger partial charge < -0.3 is 8.98 Å². The van der Waals surface area contributed by atoms with Crippen molar-refractivity contribution in [2.75, 3.05) is 0 Å². The van der Waals surface area contributed by atoms with E-state index in [1.807, 2.05) is 43.3 Å². The number of aryl methyl sites for hydroxylation is 1. The monoisotopic (exact) mass is 1070 g/mol. The van der Waals surface area contributed by atoms with Gasteiger partial charge in [0.05, 0.1) is 22.4 Å². The summed E-state index contributed by atoms with van der Waals surface area (Å²) in [6, 6.07) is 56.9. The fraction of sp³-hybridized carbons (Fsp3) is 0.125. The van der Waals surface area contributed by atoms with Crippen LogP contribution >= 0.6 is 0 Å². The molecule has 0 saturated heterocycles. The molecule has 0 aliphatic carbocycles. The van der Waals surface area contributed by atoms with E-state index in [4.69, 9.17) is 23.8 Å². The topological polar surface area (TPSA) is 69.9 Å². The van der Waals surface area contributed by atoms with Crippen molar-refractivity contribution in [3.8, 4) is 28.3 Å². The van der Waals surface area contributed by atoms with Crippen molar-refractivity contribution >= 4 is 94.2 Å². The predicted molar refractivity (Wildman–Crippen MR) is 263 cm³/mol. The summed E-state index contributed by atoms with van der Waals surface area (Å²) in [5.41, 5.74) is 11.3. The van der Waals surface area contributed by atoms with Crippen LogP contribution in [0.4, 0.5) is 0 Å². The molecule has 0 aliphatic rings. The number of fused-ring (bicyclic) bond motifs is 10. The second-order valence-electron chi connectivity index (χ2n) is 17.7. The smallest absolute Gasteiger partial charge is 0.120 e. The summed E-state index contributed by atoms with van der Waals surface area (Å²) in [7, 11) is 0. The maximum Gasteiger partial charge on any atom is 0.120 e. The van der Waals surface area contributed by atoms with Crippen LogP contribution in [0.3, 0.4) is 0 Å². The molecule has 6 nitrogen and oxygen atoms in total. The Labute approximate surface area is 387 Å². The number of nitrogens with zero attached hydrogens (tertiary/aromatic N) is 4. The summed E-state index contributed by atoms with van der Waals surface area (Å²) in [5.74, 6) is 8.55. The zero-order valence-electron chi connectivity index (χ0n) is 36.4. The average Bonchev–Trinajstić information content (AvgIpc) is 4.00. The van der Waals surface area contributed by atoms with Crippen molar-refractivity contribution in [3.05, 3.63) is 175 Å². The van der Waals surface area contributed by atoms with Crippen LogP contribution in [-0.4, -0.2) is 32.8 Å². The van der Waals surface area contributed by atoms with E-state index >= 15 is 0 Å². The van der Waals surface area contributed by atoms with Crippen LogP contribution in [0.25, 0.3) is 105 Å². The molecule has 315 valence electrons. The van der Waals surface area contributed by atoms with E-state index in [0.29, 0.717) is 11.6 Å². The molecule has 0 amide bonds. The Bertz CT molecular complexity index is 3740. The summed E-state index contributed by atoms with van der Waals surface area (Å²) >= 11 is -2.02. The van der Waals surface area contributed by atoms with E-state index in [-0.39, 0.29) is 20.1 Å². The molecule has 0 saturated carbocycles. The average molecular weight is 1070 g/mol. The molecular weight excluding hydrogens is 1030 g/mol. The summed E-state index contributed by atoms with van der Waals surface area (Å²) in [5, 5.41) is 9.06. The Hall–Kier alpha value is -6.38. The largest absolute Gasteiger partial charge is 0.501 e. The van der Waals surface area contributed by atoms with Gasteiger partial charge in [-0.3, -0.25) is 4.98 Å². The van der Waals surface area contributed by atoms with Crippen LogP contribution in [0, 0.1) is 19.1 Å². The molecule has 0 fully saturated rings. The van der Waals surface area contributed by atoms with Gasteiger partial charge in [0.25, 0.3) is 0 Å². The van der Waals surface area contributed by atoms with Crippen molar-refractivity contribution in [3.63, 3.8) is 0 Å². The van der Waals surface area contributed by atoms with Gasteiger partial charge in [-0.25, -0.2) is 0 Å². The van der Waals surface area contributed by atoms with Crippen molar-refractivity contribution in [1.82, 2.24) is 19.5 Å². The van der Waals surface area contributed by atoms with Gasteiger partial charge in [-0.1, -0.05) is 71.6 Å². The third kappa shape index (κ3) is 7.03. The molecule has 0 atom stereocenters. The SMILES string of the molecule is Cc1nc2oc3c(-c4cc(C(C)C)[c]([Ge]([CH3])([CH3])[CH3])cn4)[c-]ccc3c2c2ccccc12.[Ir].[c-]1ccc2c(oc3ccccc32)c1-c1nc2ccccc2n1-c1ccc2ccccc2c1. The normalized spacial score (nSPS) is 11.9. The number of hydrogen-bond donors (Lipinski definition) is 0. The van der Waals surface area contributed by atoms with Crippen LogP contribution in [0.1, 0.15) is 31.0 Å². The first-order chi connectivity index (χ1) is 30.6. The molecular formula is C56H44GeIrN4O2-2. The van der Waals surface area contributed by atoms with Crippen LogP contribution < -0.4 is 4.40 Å². The van der Waals surface area contributed by atoms with Crippen molar-refractivity contribution in [2.45, 2.75) is 44.0 Å². The molecule has 64 heavy (non-hydrogen) atoms. The molecule has 0 bridgehead atoms. The maximum atomic E-state index is 6.35. The third-order valence-corrected chi connectivity index (χ3v) is 16.5. The molecule has 12 aromatic rings. The minimum Gasteiger partial charge on any atom is -0.501 e. The van der Waals surface area contributed by atoms with E-state index in [1.54, 1.807) is 0 Å². The Balaban J connectivity index is 0.000000149. The molecule has 7 aromatic carbocycles. The van der Waals surface area contributed by atoms with E-state index in [1.165, 1.54) is 26.1 Å². The van der Waals surface area contributed by atoms with E-state index in [2.05, 4.69) is 163 Å². The summed E-state index contributed by atoms with van der Waals surface area (Å²) in [4.78, 5) is 14.7. The molecule has 5 heterocycles. The fourth-order valence-corrected chi connectivity index (χ4v) is 12.7. The van der Waals surface area contributed by atoms with Crippen LogP contribution in [0.5, 0.6) is 0 Å². The number of aromatic nitrogens is 4. The van der Waals surface area contributed by atoms with Crippen molar-refractivity contribution in [2.24, 2.45) is 0 Å². The van der Waals surface area contributed by atoms with Gasteiger partial charge in [0.15, 0.2) is 0 Å². The number of pyridine rings is 2. The second kappa shape index (κ2) is 16.3. The standard InChI is InChI=1S/C29H17N2O.C27H27GeN2O.Ir/c1-2-9-20-18-21(17-16-19(20)8-1)31-26-14-5-4-13-25(26)30-29(31)24-12-7-11-23-22-10-3-6-15-27(22)32-28(23)24;1-16(2)22-14-24(29-15-23(22)28(4,5)6)20-12-9-13-21-25-19-11-8-7-10-18(19)17(3)30-27(25)31-26(20)21;/h1-11,13-18H;7-11,13-16H,1-6H3;/q2*-1;. The number of imidazole rings is 1. The summed E-state index contributed by atoms with van der Waals surface area (Å²) < 4.78 is 16.3. The minimum absolute atomic E-state index is 0. The molecule has 0 aliphatic heterocycles.